The molecule has 0 unspecified atom stereocenters. The fourth-order valence-electron chi connectivity index (χ4n) is 0.638. The van der Waals surface area contributed by atoms with Gasteiger partial charge in [-0.05, 0) is 28.7 Å². The fraction of sp³-hybridized carbons (Fsp3) is 0.333. The van der Waals surface area contributed by atoms with Crippen molar-refractivity contribution >= 4 is 22.6 Å². The van der Waals surface area contributed by atoms with E-state index in [9.17, 15) is 0 Å². The van der Waals surface area contributed by atoms with Gasteiger partial charge < -0.3 is 4.90 Å². The monoisotopic (exact) mass is 221 g/mol. The van der Waals surface area contributed by atoms with Gasteiger partial charge in [0.25, 0.3) is 0 Å². The molecular weight excluding hydrogens is 213 g/mol. The molecule has 1 heterocycles. The maximum atomic E-state index is 2.30. The topological polar surface area (TPSA) is 3.24 Å². The van der Waals surface area contributed by atoms with Gasteiger partial charge in [0, 0.05) is 23.4 Å². The lowest BCUT2D eigenvalue weighted by atomic mass is 10.4. The lowest BCUT2D eigenvalue weighted by molar-refractivity contribution is 0.504. The molecule has 0 fully saturated rings. The Kier molecular flexibility index (Phi) is 1.94. The second-order valence-electron chi connectivity index (χ2n) is 1.86. The second-order valence-corrected chi connectivity index (χ2v) is 3.10. The summed E-state index contributed by atoms with van der Waals surface area (Å²) >= 11 is 2.30. The van der Waals surface area contributed by atoms with Gasteiger partial charge in [0.2, 0.25) is 0 Å². The summed E-state index contributed by atoms with van der Waals surface area (Å²) in [5, 5.41) is 0. The Balaban J connectivity index is 2.63. The van der Waals surface area contributed by atoms with E-state index in [4.69, 9.17) is 0 Å². The Morgan fingerprint density at radius 2 is 2.50 bits per heavy atom. The minimum absolute atomic E-state index is 1.05. The van der Waals surface area contributed by atoms with Crippen LogP contribution in [0.5, 0.6) is 0 Å². The zero-order valence-electron chi connectivity index (χ0n) is 4.76. The third kappa shape index (κ3) is 1.51. The molecule has 0 saturated heterocycles. The van der Waals surface area contributed by atoms with E-state index >= 15 is 0 Å². The highest BCUT2D eigenvalue weighted by Gasteiger charge is 1.94. The molecule has 0 N–H and O–H groups in total. The summed E-state index contributed by atoms with van der Waals surface area (Å²) in [6, 6.07) is 0. The summed E-state index contributed by atoms with van der Waals surface area (Å²) in [7, 11) is 2.07. The SMILES string of the molecule is CN1C=C(I)C=CC1. The van der Waals surface area contributed by atoms with Crippen LogP contribution in [-0.2, 0) is 0 Å². The van der Waals surface area contributed by atoms with Gasteiger partial charge >= 0.3 is 0 Å². The van der Waals surface area contributed by atoms with Crippen molar-refractivity contribution < 1.29 is 0 Å². The summed E-state index contributed by atoms with van der Waals surface area (Å²) in [6.45, 7) is 1.05. The van der Waals surface area contributed by atoms with Crippen LogP contribution in [0.25, 0.3) is 0 Å². The van der Waals surface area contributed by atoms with Gasteiger partial charge in [-0.25, -0.2) is 0 Å². The molecule has 0 spiro atoms. The standard InChI is InChI=1S/C6H8IN/c1-8-4-2-3-6(7)5-8/h2-3,5H,4H2,1H3. The molecule has 0 aromatic heterocycles. The molecule has 0 bridgehead atoms. The lowest BCUT2D eigenvalue weighted by Crippen LogP contribution is -2.12. The summed E-state index contributed by atoms with van der Waals surface area (Å²) in [5.41, 5.74) is 0. The average molecular weight is 221 g/mol. The molecule has 0 saturated carbocycles. The van der Waals surface area contributed by atoms with Crippen molar-refractivity contribution in [2.45, 2.75) is 0 Å². The first-order valence-electron chi connectivity index (χ1n) is 2.53. The highest BCUT2D eigenvalue weighted by Crippen LogP contribution is 2.11. The van der Waals surface area contributed by atoms with Crippen LogP contribution in [0.15, 0.2) is 21.9 Å². The van der Waals surface area contributed by atoms with Gasteiger partial charge in [-0.15, -0.1) is 0 Å². The van der Waals surface area contributed by atoms with Gasteiger partial charge in [-0.1, -0.05) is 6.08 Å². The molecule has 0 aromatic carbocycles. The highest BCUT2D eigenvalue weighted by molar-refractivity contribution is 14.1. The van der Waals surface area contributed by atoms with Crippen molar-refractivity contribution in [3.05, 3.63) is 21.9 Å². The quantitative estimate of drug-likeness (QED) is 0.563. The first kappa shape index (κ1) is 6.13. The maximum absolute atomic E-state index is 2.30. The van der Waals surface area contributed by atoms with Gasteiger partial charge in [0.15, 0.2) is 0 Å². The first-order chi connectivity index (χ1) is 3.79. The van der Waals surface area contributed by atoms with Gasteiger partial charge in [0.05, 0.1) is 0 Å². The van der Waals surface area contributed by atoms with Crippen LogP contribution < -0.4 is 0 Å². The van der Waals surface area contributed by atoms with Crippen LogP contribution in [0, 0.1) is 0 Å². The summed E-state index contributed by atoms with van der Waals surface area (Å²) in [6.07, 6.45) is 6.41. The van der Waals surface area contributed by atoms with E-state index in [1.165, 1.54) is 3.58 Å². The molecule has 0 atom stereocenters. The first-order valence-corrected chi connectivity index (χ1v) is 3.61. The van der Waals surface area contributed by atoms with Crippen LogP contribution in [0.2, 0.25) is 0 Å². The zero-order chi connectivity index (χ0) is 5.98. The largest absolute Gasteiger partial charge is 0.376 e. The summed E-state index contributed by atoms with van der Waals surface area (Å²) < 4.78 is 1.30. The number of halogens is 1. The number of nitrogens with zero attached hydrogens (tertiary/aromatic N) is 1. The molecule has 1 aliphatic heterocycles. The Morgan fingerprint density at radius 1 is 1.75 bits per heavy atom. The van der Waals surface area contributed by atoms with Crippen LogP contribution in [-0.4, -0.2) is 18.5 Å². The van der Waals surface area contributed by atoms with Crippen molar-refractivity contribution in [3.8, 4) is 0 Å². The van der Waals surface area contributed by atoms with E-state index < -0.39 is 0 Å². The number of likely N-dealkylation sites (N-methyl/N-ethyl adjacent to an activating group) is 1. The molecule has 8 heavy (non-hydrogen) atoms. The van der Waals surface area contributed by atoms with Gasteiger partial charge in [-0.2, -0.15) is 0 Å². The fourth-order valence-corrected chi connectivity index (χ4v) is 1.37. The molecular formula is C6H8IN. The molecule has 0 aromatic rings. The van der Waals surface area contributed by atoms with Crippen molar-refractivity contribution in [1.82, 2.24) is 4.90 Å². The molecule has 1 nitrogen and oxygen atoms in total. The smallest absolute Gasteiger partial charge is 0.0354 e. The van der Waals surface area contributed by atoms with Crippen molar-refractivity contribution in [3.63, 3.8) is 0 Å². The van der Waals surface area contributed by atoms with Crippen LogP contribution in [0.1, 0.15) is 0 Å². The predicted molar refractivity (Wildman–Crippen MR) is 43.9 cm³/mol. The predicted octanol–water partition coefficient (Wildman–Crippen LogP) is 1.76. The van der Waals surface area contributed by atoms with E-state index in [2.05, 4.69) is 52.9 Å². The van der Waals surface area contributed by atoms with E-state index in [0.29, 0.717) is 0 Å². The van der Waals surface area contributed by atoms with Gasteiger partial charge in [-0.3, -0.25) is 0 Å². The highest BCUT2D eigenvalue weighted by atomic mass is 127. The molecule has 0 radical (unpaired) electrons. The minimum Gasteiger partial charge on any atom is -0.376 e. The summed E-state index contributed by atoms with van der Waals surface area (Å²) in [4.78, 5) is 2.15. The average Bonchev–Trinajstić information content (AvgIpc) is 1.64. The normalized spacial score (nSPS) is 18.8. The van der Waals surface area contributed by atoms with E-state index in [0.717, 1.165) is 6.54 Å². The third-order valence-corrected chi connectivity index (χ3v) is 1.65. The molecule has 0 aliphatic carbocycles. The molecule has 0 amide bonds. The number of rotatable bonds is 0. The van der Waals surface area contributed by atoms with Crippen molar-refractivity contribution in [1.29, 1.82) is 0 Å². The Hall–Kier alpha value is 0.01000. The Labute approximate surface area is 63.2 Å². The van der Waals surface area contributed by atoms with Crippen molar-refractivity contribution in [2.24, 2.45) is 0 Å². The van der Waals surface area contributed by atoms with Crippen LogP contribution >= 0.6 is 22.6 Å². The number of hydrogen-bond acceptors (Lipinski definition) is 1. The Morgan fingerprint density at radius 3 is 2.88 bits per heavy atom. The molecule has 2 heteroatoms. The summed E-state index contributed by atoms with van der Waals surface area (Å²) in [5.74, 6) is 0. The number of hydrogen-bond donors (Lipinski definition) is 0. The lowest BCUT2D eigenvalue weighted by Gasteiger charge is -2.14. The molecule has 1 rings (SSSR count). The number of allylic oxidation sites excluding steroid dienone is 2. The zero-order valence-corrected chi connectivity index (χ0v) is 6.92. The van der Waals surface area contributed by atoms with Gasteiger partial charge in [0.1, 0.15) is 0 Å². The third-order valence-electron chi connectivity index (χ3n) is 1.01. The van der Waals surface area contributed by atoms with E-state index in [-0.39, 0.29) is 0 Å². The van der Waals surface area contributed by atoms with Crippen LogP contribution in [0.4, 0.5) is 0 Å². The minimum atomic E-state index is 1.05. The Bertz CT molecular complexity index is 137. The second kappa shape index (κ2) is 2.53. The maximum Gasteiger partial charge on any atom is 0.0354 e. The van der Waals surface area contributed by atoms with Crippen molar-refractivity contribution in [2.75, 3.05) is 13.6 Å². The molecule has 44 valence electrons. The van der Waals surface area contributed by atoms with E-state index in [1.54, 1.807) is 0 Å². The van der Waals surface area contributed by atoms with Crippen LogP contribution in [0.3, 0.4) is 0 Å². The molecule has 1 aliphatic rings. The van der Waals surface area contributed by atoms with E-state index in [1.807, 2.05) is 0 Å².